The average Bonchev–Trinajstić information content (AvgIpc) is 2.98. The Balaban J connectivity index is 1.87. The second-order valence-corrected chi connectivity index (χ2v) is 8.68. The zero-order valence-corrected chi connectivity index (χ0v) is 16.2. The van der Waals surface area contributed by atoms with Crippen LogP contribution in [0.1, 0.15) is 46.6 Å². The summed E-state index contributed by atoms with van der Waals surface area (Å²) in [4.78, 5) is 6.63. The number of aryl methyl sites for hydroxylation is 2. The SMILES string of the molecule is Cc1sc2c(c1C)C(c1ccc(N)cc1)=NC1(CC1C)c1nnc(C)n1-2. The second-order valence-electron chi connectivity index (χ2n) is 7.48. The van der Waals surface area contributed by atoms with Crippen molar-refractivity contribution in [3.8, 4) is 5.00 Å². The Hall–Kier alpha value is -2.47. The molecule has 2 atom stereocenters. The molecule has 0 amide bonds. The summed E-state index contributed by atoms with van der Waals surface area (Å²) < 4.78 is 2.23. The highest BCUT2D eigenvalue weighted by atomic mass is 32.1. The molecular formula is C20H21N5S. The summed E-state index contributed by atoms with van der Waals surface area (Å²) in [6.45, 7) is 8.63. The first-order chi connectivity index (χ1) is 12.4. The van der Waals surface area contributed by atoms with Gasteiger partial charge in [0.15, 0.2) is 5.82 Å². The second kappa shape index (κ2) is 5.04. The third kappa shape index (κ3) is 1.93. The molecule has 5 rings (SSSR count). The van der Waals surface area contributed by atoms with Gasteiger partial charge in [-0.25, -0.2) is 0 Å². The Morgan fingerprint density at radius 1 is 1.15 bits per heavy atom. The molecule has 1 fully saturated rings. The van der Waals surface area contributed by atoms with Crippen LogP contribution in [0, 0.1) is 26.7 Å². The molecule has 6 heteroatoms. The van der Waals surface area contributed by atoms with E-state index in [0.29, 0.717) is 5.92 Å². The fourth-order valence-corrected chi connectivity index (χ4v) is 5.17. The molecule has 1 aliphatic heterocycles. The molecule has 1 aromatic carbocycles. The lowest BCUT2D eigenvalue weighted by molar-refractivity contribution is 0.607. The van der Waals surface area contributed by atoms with Gasteiger partial charge in [-0.15, -0.1) is 21.5 Å². The van der Waals surface area contributed by atoms with Gasteiger partial charge in [0.1, 0.15) is 16.4 Å². The number of nitrogens with two attached hydrogens (primary N) is 1. The molecular weight excluding hydrogens is 342 g/mol. The summed E-state index contributed by atoms with van der Waals surface area (Å²) in [5.74, 6) is 2.37. The molecule has 1 saturated carbocycles. The lowest BCUT2D eigenvalue weighted by atomic mass is 9.99. The summed E-state index contributed by atoms with van der Waals surface area (Å²) in [6, 6.07) is 8.05. The average molecular weight is 363 g/mol. The maximum absolute atomic E-state index is 5.92. The van der Waals surface area contributed by atoms with Crippen molar-refractivity contribution in [3.05, 3.63) is 57.5 Å². The van der Waals surface area contributed by atoms with E-state index in [2.05, 4.69) is 47.7 Å². The number of hydrogen-bond acceptors (Lipinski definition) is 5. The van der Waals surface area contributed by atoms with E-state index >= 15 is 0 Å². The van der Waals surface area contributed by atoms with Crippen molar-refractivity contribution < 1.29 is 0 Å². The molecule has 0 saturated heterocycles. The Labute approximate surface area is 156 Å². The Morgan fingerprint density at radius 2 is 1.85 bits per heavy atom. The fourth-order valence-electron chi connectivity index (χ4n) is 3.96. The first-order valence-corrected chi connectivity index (χ1v) is 9.73. The van der Waals surface area contributed by atoms with Gasteiger partial charge in [0, 0.05) is 21.7 Å². The van der Waals surface area contributed by atoms with E-state index < -0.39 is 0 Å². The van der Waals surface area contributed by atoms with Crippen molar-refractivity contribution in [2.45, 2.75) is 39.7 Å². The summed E-state index contributed by atoms with van der Waals surface area (Å²) in [7, 11) is 0. The van der Waals surface area contributed by atoms with Crippen LogP contribution >= 0.6 is 11.3 Å². The molecule has 2 unspecified atom stereocenters. The van der Waals surface area contributed by atoms with Gasteiger partial charge in [0.2, 0.25) is 0 Å². The largest absolute Gasteiger partial charge is 0.399 e. The standard InChI is InChI=1S/C20H21N5S/c1-10-9-20(10)19-24-23-13(4)25(19)18-16(11(2)12(3)26-18)17(22-20)14-5-7-15(21)8-6-14/h5-8,10H,9,21H2,1-4H3. The molecule has 5 nitrogen and oxygen atoms in total. The van der Waals surface area contributed by atoms with E-state index in [9.17, 15) is 0 Å². The normalized spacial score (nSPS) is 23.4. The number of nitrogens with zero attached hydrogens (tertiary/aromatic N) is 4. The van der Waals surface area contributed by atoms with Crippen LogP contribution in [0.25, 0.3) is 5.00 Å². The highest BCUT2D eigenvalue weighted by Crippen LogP contribution is 2.57. The highest BCUT2D eigenvalue weighted by molar-refractivity contribution is 7.15. The monoisotopic (exact) mass is 363 g/mol. The van der Waals surface area contributed by atoms with Crippen LogP contribution in [0.3, 0.4) is 0 Å². The van der Waals surface area contributed by atoms with Crippen molar-refractivity contribution in [3.63, 3.8) is 0 Å². The van der Waals surface area contributed by atoms with Gasteiger partial charge < -0.3 is 5.73 Å². The van der Waals surface area contributed by atoms with Gasteiger partial charge in [0.25, 0.3) is 0 Å². The number of hydrogen-bond donors (Lipinski definition) is 1. The molecule has 0 bridgehead atoms. The molecule has 2 aliphatic rings. The van der Waals surface area contributed by atoms with Gasteiger partial charge in [-0.3, -0.25) is 9.56 Å². The van der Waals surface area contributed by atoms with Crippen LogP contribution in [-0.4, -0.2) is 20.5 Å². The predicted octanol–water partition coefficient (Wildman–Crippen LogP) is 3.92. The Kier molecular flexibility index (Phi) is 3.05. The number of fused-ring (bicyclic) bond motifs is 4. The number of thiophene rings is 1. The Morgan fingerprint density at radius 3 is 2.50 bits per heavy atom. The van der Waals surface area contributed by atoms with Crippen LogP contribution in [0.5, 0.6) is 0 Å². The van der Waals surface area contributed by atoms with E-state index in [-0.39, 0.29) is 5.54 Å². The van der Waals surface area contributed by atoms with Crippen LogP contribution in [0.4, 0.5) is 5.69 Å². The van der Waals surface area contributed by atoms with Crippen LogP contribution < -0.4 is 5.73 Å². The zero-order valence-electron chi connectivity index (χ0n) is 15.4. The fraction of sp³-hybridized carbons (Fsp3) is 0.350. The maximum atomic E-state index is 5.92. The summed E-state index contributed by atoms with van der Waals surface area (Å²) in [5.41, 5.74) is 11.1. The molecule has 2 aromatic heterocycles. The summed E-state index contributed by atoms with van der Waals surface area (Å²) >= 11 is 1.80. The van der Waals surface area contributed by atoms with E-state index in [1.807, 2.05) is 19.1 Å². The highest BCUT2D eigenvalue weighted by Gasteiger charge is 2.58. The quantitative estimate of drug-likeness (QED) is 0.666. The third-order valence-corrected chi connectivity index (χ3v) is 6.98. The summed E-state index contributed by atoms with van der Waals surface area (Å²) in [5, 5.41) is 10.1. The minimum absolute atomic E-state index is 0.267. The molecule has 2 N–H and O–H groups in total. The lowest BCUT2D eigenvalue weighted by Crippen LogP contribution is -2.14. The van der Waals surface area contributed by atoms with E-state index in [0.717, 1.165) is 35.0 Å². The number of anilines is 1. The molecule has 3 heterocycles. The van der Waals surface area contributed by atoms with Gasteiger partial charge >= 0.3 is 0 Å². The summed E-state index contributed by atoms with van der Waals surface area (Å²) in [6.07, 6.45) is 1.01. The van der Waals surface area contributed by atoms with Gasteiger partial charge in [-0.1, -0.05) is 19.1 Å². The molecule has 26 heavy (non-hydrogen) atoms. The van der Waals surface area contributed by atoms with Crippen molar-refractivity contribution in [1.82, 2.24) is 14.8 Å². The smallest absolute Gasteiger partial charge is 0.166 e. The molecule has 3 aromatic rings. The van der Waals surface area contributed by atoms with Crippen LogP contribution in [-0.2, 0) is 5.54 Å². The number of aromatic nitrogens is 3. The first-order valence-electron chi connectivity index (χ1n) is 8.91. The van der Waals surface area contributed by atoms with Gasteiger partial charge in [-0.05, 0) is 50.8 Å². The van der Waals surface area contributed by atoms with Crippen molar-refractivity contribution in [2.24, 2.45) is 10.9 Å². The molecule has 0 radical (unpaired) electrons. The van der Waals surface area contributed by atoms with E-state index in [1.54, 1.807) is 11.3 Å². The third-order valence-electron chi connectivity index (χ3n) is 5.79. The van der Waals surface area contributed by atoms with Gasteiger partial charge in [-0.2, -0.15) is 0 Å². The number of rotatable bonds is 1. The van der Waals surface area contributed by atoms with E-state index in [1.165, 1.54) is 21.0 Å². The minimum Gasteiger partial charge on any atom is -0.399 e. The van der Waals surface area contributed by atoms with Crippen LogP contribution in [0.2, 0.25) is 0 Å². The number of nitrogen functional groups attached to an aromatic ring is 1. The number of benzene rings is 1. The Bertz CT molecular complexity index is 1070. The maximum Gasteiger partial charge on any atom is 0.166 e. The lowest BCUT2D eigenvalue weighted by Gasteiger charge is -2.12. The molecule has 1 spiro atoms. The molecule has 1 aliphatic carbocycles. The number of aliphatic imine (C=N–C) groups is 1. The first kappa shape index (κ1) is 15.8. The van der Waals surface area contributed by atoms with Gasteiger partial charge in [0.05, 0.1) is 5.71 Å². The van der Waals surface area contributed by atoms with Crippen molar-refractivity contribution in [1.29, 1.82) is 0 Å². The van der Waals surface area contributed by atoms with Crippen LogP contribution in [0.15, 0.2) is 29.3 Å². The topological polar surface area (TPSA) is 69.1 Å². The molecule has 132 valence electrons. The zero-order chi connectivity index (χ0) is 18.2. The minimum atomic E-state index is -0.267. The van der Waals surface area contributed by atoms with Crippen molar-refractivity contribution in [2.75, 3.05) is 5.73 Å². The predicted molar refractivity (Wildman–Crippen MR) is 105 cm³/mol. The van der Waals surface area contributed by atoms with Crippen molar-refractivity contribution >= 4 is 22.7 Å². The van der Waals surface area contributed by atoms with E-state index in [4.69, 9.17) is 10.7 Å².